The van der Waals surface area contributed by atoms with E-state index in [4.69, 9.17) is 0 Å². The average molecular weight is 796 g/mol. The van der Waals surface area contributed by atoms with E-state index in [9.17, 15) is 0 Å². The Morgan fingerprint density at radius 1 is 0.222 bits per heavy atom. The molecular weight excluding hydrogens is 759 g/mol. The fourth-order valence-corrected chi connectivity index (χ4v) is 12.8. The molecule has 1 nitrogen and oxygen atoms in total. The maximum absolute atomic E-state index is 3.77. The molecule has 0 amide bonds. The number of benzene rings is 10. The molecule has 290 valence electrons. The monoisotopic (exact) mass is 795 g/mol. The minimum Gasteiger partial charge on any atom is -0.355 e. The van der Waals surface area contributed by atoms with Crippen molar-refractivity contribution < 1.29 is 0 Å². The minimum absolute atomic E-state index is 0.368. The molecule has 15 rings (SSSR count). The number of hydrogen-bond acceptors (Lipinski definition) is 0. The summed E-state index contributed by atoms with van der Waals surface area (Å²) in [6, 6.07) is 82.7. The molecule has 10 aromatic carbocycles. The highest BCUT2D eigenvalue weighted by molar-refractivity contribution is 6.10. The molecule has 0 bridgehead atoms. The van der Waals surface area contributed by atoms with Crippen molar-refractivity contribution in [3.8, 4) is 66.8 Å². The van der Waals surface area contributed by atoms with Crippen molar-refractivity contribution >= 4 is 21.8 Å². The molecule has 0 fully saturated rings. The number of H-pyrrole nitrogens is 1. The van der Waals surface area contributed by atoms with E-state index in [-0.39, 0.29) is 10.8 Å². The van der Waals surface area contributed by atoms with Crippen LogP contribution in [0.25, 0.3) is 88.6 Å². The van der Waals surface area contributed by atoms with Crippen LogP contribution in [0.2, 0.25) is 0 Å². The predicted molar refractivity (Wildman–Crippen MR) is 259 cm³/mol. The summed E-state index contributed by atoms with van der Waals surface area (Å²) in [5, 5.41) is 2.48. The van der Waals surface area contributed by atoms with Gasteiger partial charge >= 0.3 is 0 Å². The second kappa shape index (κ2) is 11.9. The zero-order chi connectivity index (χ0) is 41.0. The molecule has 63 heavy (non-hydrogen) atoms. The molecule has 1 heteroatoms. The van der Waals surface area contributed by atoms with Crippen molar-refractivity contribution in [2.24, 2.45) is 0 Å². The Morgan fingerprint density at radius 2 is 0.476 bits per heavy atom. The van der Waals surface area contributed by atoms with Crippen molar-refractivity contribution in [2.45, 2.75) is 10.8 Å². The second-order valence-electron chi connectivity index (χ2n) is 17.9. The molecule has 2 spiro atoms. The summed E-state index contributed by atoms with van der Waals surface area (Å²) in [6.45, 7) is 0. The number of aromatic amines is 1. The van der Waals surface area contributed by atoms with Crippen LogP contribution in [-0.4, -0.2) is 4.98 Å². The second-order valence-corrected chi connectivity index (χ2v) is 17.9. The van der Waals surface area contributed by atoms with Gasteiger partial charge in [0.25, 0.3) is 0 Å². The molecule has 0 aliphatic heterocycles. The van der Waals surface area contributed by atoms with Gasteiger partial charge in [-0.3, -0.25) is 0 Å². The van der Waals surface area contributed by atoms with Gasteiger partial charge in [0, 0.05) is 21.8 Å². The normalized spacial score (nSPS) is 14.6. The maximum atomic E-state index is 3.77. The molecule has 1 heterocycles. The first-order valence-electron chi connectivity index (χ1n) is 22.2. The SMILES string of the molecule is c1ccc2c(c1)-c1ccccc1C21c2ccccc2-c2ccc(-c3ccc4[nH]c5ccc(-c6ccc7c(c6)C6(c8ccccc8-c8ccccc86)c6ccccc6-7)cc5c4c3)cc21. The van der Waals surface area contributed by atoms with Crippen molar-refractivity contribution in [1.29, 1.82) is 0 Å². The van der Waals surface area contributed by atoms with Gasteiger partial charge in [-0.05, 0) is 148 Å². The van der Waals surface area contributed by atoms with Crippen LogP contribution in [0.4, 0.5) is 0 Å². The molecule has 4 aliphatic rings. The van der Waals surface area contributed by atoms with E-state index in [0.29, 0.717) is 0 Å². The molecule has 0 radical (unpaired) electrons. The smallest absolute Gasteiger partial charge is 0.0725 e. The molecule has 0 saturated carbocycles. The van der Waals surface area contributed by atoms with Gasteiger partial charge in [0.2, 0.25) is 0 Å². The standard InChI is InChI=1S/C62H37N/c1-7-19-51-41(13-1)42-14-2-8-20-52(42)61(51)55-23-11-5-17-45(55)47-29-25-39(35-57(47)61)37-27-31-59-49(33-37)50-34-38(28-32-60(50)63-59)40-26-30-48-46-18-6-12-24-56(46)62(58(48)36-40)53-21-9-3-15-43(53)44-16-4-10-22-54(44)62/h1-36,63H. The van der Waals surface area contributed by atoms with Crippen LogP contribution in [0.5, 0.6) is 0 Å². The van der Waals surface area contributed by atoms with E-state index in [1.807, 2.05) is 0 Å². The fraction of sp³-hybridized carbons (Fsp3) is 0.0323. The van der Waals surface area contributed by atoms with Gasteiger partial charge in [-0.15, -0.1) is 0 Å². The Bertz CT molecular complexity index is 3440. The Morgan fingerprint density at radius 3 is 0.794 bits per heavy atom. The third-order valence-electron chi connectivity index (χ3n) is 15.3. The maximum Gasteiger partial charge on any atom is 0.0725 e. The highest BCUT2D eigenvalue weighted by Gasteiger charge is 2.53. The number of aromatic nitrogens is 1. The van der Waals surface area contributed by atoms with Gasteiger partial charge in [-0.25, -0.2) is 0 Å². The van der Waals surface area contributed by atoms with Crippen molar-refractivity contribution in [3.05, 3.63) is 263 Å². The van der Waals surface area contributed by atoms with Crippen LogP contribution in [0.3, 0.4) is 0 Å². The van der Waals surface area contributed by atoms with E-state index in [2.05, 4.69) is 223 Å². The fourth-order valence-electron chi connectivity index (χ4n) is 12.8. The number of rotatable bonds is 2. The van der Waals surface area contributed by atoms with Crippen molar-refractivity contribution in [3.63, 3.8) is 0 Å². The van der Waals surface area contributed by atoms with Gasteiger partial charge in [-0.1, -0.05) is 182 Å². The van der Waals surface area contributed by atoms with E-state index in [1.165, 1.54) is 122 Å². The van der Waals surface area contributed by atoms with Gasteiger partial charge in [0.05, 0.1) is 10.8 Å². The van der Waals surface area contributed by atoms with E-state index in [1.54, 1.807) is 0 Å². The van der Waals surface area contributed by atoms with Crippen LogP contribution < -0.4 is 0 Å². The largest absolute Gasteiger partial charge is 0.355 e. The molecule has 11 aromatic rings. The van der Waals surface area contributed by atoms with Crippen molar-refractivity contribution in [1.82, 2.24) is 4.98 Å². The molecule has 0 unspecified atom stereocenters. The first kappa shape index (κ1) is 33.7. The topological polar surface area (TPSA) is 15.8 Å². The zero-order valence-electron chi connectivity index (χ0n) is 34.3. The minimum atomic E-state index is -0.368. The van der Waals surface area contributed by atoms with Crippen LogP contribution in [-0.2, 0) is 10.8 Å². The predicted octanol–water partition coefficient (Wildman–Crippen LogP) is 15.3. The van der Waals surface area contributed by atoms with E-state index >= 15 is 0 Å². The van der Waals surface area contributed by atoms with Gasteiger partial charge in [0.1, 0.15) is 0 Å². The molecule has 4 aliphatic carbocycles. The summed E-state index contributed by atoms with van der Waals surface area (Å²) in [5.41, 5.74) is 28.1. The lowest BCUT2D eigenvalue weighted by molar-refractivity contribution is 0.794. The summed E-state index contributed by atoms with van der Waals surface area (Å²) in [5.74, 6) is 0. The molecule has 1 N–H and O–H groups in total. The highest BCUT2D eigenvalue weighted by Crippen LogP contribution is 2.64. The number of nitrogens with one attached hydrogen (secondary N) is 1. The summed E-state index contributed by atoms with van der Waals surface area (Å²) in [4.78, 5) is 3.77. The molecule has 0 saturated heterocycles. The third-order valence-corrected chi connectivity index (χ3v) is 15.3. The van der Waals surface area contributed by atoms with Gasteiger partial charge in [-0.2, -0.15) is 0 Å². The average Bonchev–Trinajstić information content (AvgIpc) is 4.12. The van der Waals surface area contributed by atoms with Crippen LogP contribution in [0.1, 0.15) is 44.5 Å². The summed E-state index contributed by atoms with van der Waals surface area (Å²) in [6.07, 6.45) is 0. The van der Waals surface area contributed by atoms with Crippen LogP contribution in [0, 0.1) is 0 Å². The van der Waals surface area contributed by atoms with Crippen LogP contribution in [0.15, 0.2) is 218 Å². The first-order valence-corrected chi connectivity index (χ1v) is 22.2. The number of fused-ring (bicyclic) bond motifs is 23. The Kier molecular flexibility index (Phi) is 6.35. The number of hydrogen-bond donors (Lipinski definition) is 1. The molecule has 1 aromatic heterocycles. The quantitative estimate of drug-likeness (QED) is 0.179. The zero-order valence-corrected chi connectivity index (χ0v) is 34.3. The highest BCUT2D eigenvalue weighted by atomic mass is 14.7. The van der Waals surface area contributed by atoms with E-state index in [0.717, 1.165) is 11.0 Å². The van der Waals surface area contributed by atoms with Gasteiger partial charge < -0.3 is 4.98 Å². The summed E-state index contributed by atoms with van der Waals surface area (Å²) < 4.78 is 0. The Hall–Kier alpha value is -8.00. The molecular formula is C62H37N. The van der Waals surface area contributed by atoms with Crippen LogP contribution >= 0.6 is 0 Å². The van der Waals surface area contributed by atoms with Crippen molar-refractivity contribution in [2.75, 3.05) is 0 Å². The lowest BCUT2D eigenvalue weighted by Crippen LogP contribution is -2.25. The Balaban J connectivity index is 0.894. The lowest BCUT2D eigenvalue weighted by Gasteiger charge is -2.30. The third kappa shape index (κ3) is 4.04. The van der Waals surface area contributed by atoms with E-state index < -0.39 is 0 Å². The van der Waals surface area contributed by atoms with Gasteiger partial charge in [0.15, 0.2) is 0 Å². The Labute approximate surface area is 365 Å². The first-order chi connectivity index (χ1) is 31.2. The summed E-state index contributed by atoms with van der Waals surface area (Å²) in [7, 11) is 0. The summed E-state index contributed by atoms with van der Waals surface area (Å²) >= 11 is 0. The molecule has 0 atom stereocenters. The lowest BCUT2D eigenvalue weighted by atomic mass is 9.70.